The molecule has 96 valence electrons. The van der Waals surface area contributed by atoms with E-state index in [0.29, 0.717) is 5.82 Å². The summed E-state index contributed by atoms with van der Waals surface area (Å²) < 4.78 is 0. The van der Waals surface area contributed by atoms with Gasteiger partial charge in [0.2, 0.25) is 0 Å². The molecular formula is C12H22N4O. The number of anilines is 1. The van der Waals surface area contributed by atoms with Crippen molar-refractivity contribution in [3.63, 3.8) is 0 Å². The van der Waals surface area contributed by atoms with E-state index >= 15 is 0 Å². The van der Waals surface area contributed by atoms with Crippen LogP contribution in [-0.2, 0) is 6.42 Å². The lowest BCUT2D eigenvalue weighted by atomic mass is 10.2. The van der Waals surface area contributed by atoms with Gasteiger partial charge in [-0.3, -0.25) is 5.32 Å². The summed E-state index contributed by atoms with van der Waals surface area (Å²) >= 11 is 0. The first-order valence-corrected chi connectivity index (χ1v) is 6.35. The van der Waals surface area contributed by atoms with E-state index in [2.05, 4.69) is 27.5 Å². The van der Waals surface area contributed by atoms with E-state index in [1.54, 1.807) is 6.20 Å². The number of amides is 2. The lowest BCUT2D eigenvalue weighted by Crippen LogP contribution is -2.29. The maximum atomic E-state index is 11.5. The molecule has 0 fully saturated rings. The monoisotopic (exact) mass is 238 g/mol. The average Bonchev–Trinajstić information content (AvgIpc) is 2.76. The summed E-state index contributed by atoms with van der Waals surface area (Å²) in [5, 5.41) is 5.54. The Labute approximate surface area is 102 Å². The number of nitrogens with zero attached hydrogens (tertiary/aromatic N) is 1. The van der Waals surface area contributed by atoms with Crippen LogP contribution >= 0.6 is 0 Å². The summed E-state index contributed by atoms with van der Waals surface area (Å²) in [6.07, 6.45) is 7.10. The third-order valence-corrected chi connectivity index (χ3v) is 2.53. The number of unbranched alkanes of at least 4 members (excludes halogenated alkanes) is 3. The maximum absolute atomic E-state index is 11.5. The first-order valence-electron chi connectivity index (χ1n) is 6.35. The Balaban J connectivity index is 2.16. The van der Waals surface area contributed by atoms with Crippen LogP contribution in [0.25, 0.3) is 0 Å². The number of hydrogen-bond acceptors (Lipinski definition) is 2. The van der Waals surface area contributed by atoms with Crippen molar-refractivity contribution in [2.75, 3.05) is 11.9 Å². The number of imidazole rings is 1. The van der Waals surface area contributed by atoms with Crippen molar-refractivity contribution in [1.29, 1.82) is 0 Å². The Bertz CT molecular complexity index is 335. The van der Waals surface area contributed by atoms with Gasteiger partial charge in [-0.1, -0.05) is 33.1 Å². The Hall–Kier alpha value is -1.52. The minimum atomic E-state index is -0.173. The molecule has 0 spiro atoms. The minimum Gasteiger partial charge on any atom is -0.338 e. The van der Waals surface area contributed by atoms with Gasteiger partial charge in [-0.25, -0.2) is 9.78 Å². The smallest absolute Gasteiger partial charge is 0.320 e. The average molecular weight is 238 g/mol. The summed E-state index contributed by atoms with van der Waals surface area (Å²) in [5.74, 6) is 1.52. The topological polar surface area (TPSA) is 69.8 Å². The number of aryl methyl sites for hydroxylation is 1. The van der Waals surface area contributed by atoms with Gasteiger partial charge in [0.15, 0.2) is 0 Å². The van der Waals surface area contributed by atoms with Crippen molar-refractivity contribution in [2.45, 2.75) is 46.0 Å². The first-order chi connectivity index (χ1) is 8.26. The van der Waals surface area contributed by atoms with Crippen LogP contribution in [0.1, 0.15) is 45.4 Å². The van der Waals surface area contributed by atoms with Gasteiger partial charge in [-0.15, -0.1) is 0 Å². The van der Waals surface area contributed by atoms with Gasteiger partial charge in [0.1, 0.15) is 11.6 Å². The fourth-order valence-electron chi connectivity index (χ4n) is 1.53. The van der Waals surface area contributed by atoms with Gasteiger partial charge in [-0.2, -0.15) is 0 Å². The summed E-state index contributed by atoms with van der Waals surface area (Å²) in [5.41, 5.74) is 0. The Kier molecular flexibility index (Phi) is 6.14. The molecule has 0 aromatic carbocycles. The molecule has 5 heteroatoms. The quantitative estimate of drug-likeness (QED) is 0.639. The van der Waals surface area contributed by atoms with E-state index in [-0.39, 0.29) is 6.03 Å². The summed E-state index contributed by atoms with van der Waals surface area (Å²) in [6, 6.07) is -0.173. The third-order valence-electron chi connectivity index (χ3n) is 2.53. The number of nitrogens with one attached hydrogen (secondary N) is 3. The summed E-state index contributed by atoms with van der Waals surface area (Å²) in [7, 11) is 0. The lowest BCUT2D eigenvalue weighted by Gasteiger charge is -2.05. The zero-order chi connectivity index (χ0) is 12.5. The molecular weight excluding hydrogens is 216 g/mol. The van der Waals surface area contributed by atoms with Crippen LogP contribution in [0.15, 0.2) is 6.20 Å². The largest absolute Gasteiger partial charge is 0.338 e. The molecule has 17 heavy (non-hydrogen) atoms. The Morgan fingerprint density at radius 1 is 1.35 bits per heavy atom. The van der Waals surface area contributed by atoms with E-state index in [1.807, 2.05) is 6.92 Å². The van der Waals surface area contributed by atoms with Crippen LogP contribution in [0.3, 0.4) is 0 Å². The van der Waals surface area contributed by atoms with Crippen molar-refractivity contribution in [1.82, 2.24) is 15.3 Å². The molecule has 0 aliphatic carbocycles. The molecule has 0 unspecified atom stereocenters. The highest BCUT2D eigenvalue weighted by atomic mass is 16.2. The lowest BCUT2D eigenvalue weighted by molar-refractivity contribution is 0.252. The summed E-state index contributed by atoms with van der Waals surface area (Å²) in [4.78, 5) is 18.6. The first kappa shape index (κ1) is 13.5. The number of hydrogen-bond donors (Lipinski definition) is 3. The molecule has 1 aromatic rings. The molecule has 0 radical (unpaired) electrons. The molecule has 1 rings (SSSR count). The van der Waals surface area contributed by atoms with Crippen LogP contribution in [0.4, 0.5) is 10.6 Å². The van der Waals surface area contributed by atoms with Gasteiger partial charge in [-0.05, 0) is 6.42 Å². The number of H-pyrrole nitrogens is 1. The van der Waals surface area contributed by atoms with E-state index in [0.717, 1.165) is 25.2 Å². The van der Waals surface area contributed by atoms with E-state index < -0.39 is 0 Å². The van der Waals surface area contributed by atoms with E-state index in [1.165, 1.54) is 19.3 Å². The van der Waals surface area contributed by atoms with Crippen LogP contribution in [0, 0.1) is 0 Å². The molecule has 0 saturated heterocycles. The SMILES string of the molecule is CCCCCCNC(=O)Nc1cnc(CC)[nH]1. The summed E-state index contributed by atoms with van der Waals surface area (Å²) in [6.45, 7) is 4.90. The van der Waals surface area contributed by atoms with Crippen molar-refractivity contribution >= 4 is 11.8 Å². The molecule has 0 aliphatic heterocycles. The standard InChI is InChI=1S/C12H22N4O/c1-3-5-6-7-8-13-12(17)16-11-9-14-10(4-2)15-11/h9H,3-8H2,1-2H3,(H,14,15)(H2,13,16,17). The van der Waals surface area contributed by atoms with E-state index in [4.69, 9.17) is 0 Å². The number of urea groups is 1. The number of carbonyl (C=O) groups is 1. The molecule has 0 bridgehead atoms. The van der Waals surface area contributed by atoms with Crippen molar-refractivity contribution in [3.8, 4) is 0 Å². The normalized spacial score (nSPS) is 10.2. The van der Waals surface area contributed by atoms with E-state index in [9.17, 15) is 4.79 Å². The zero-order valence-corrected chi connectivity index (χ0v) is 10.7. The molecule has 1 heterocycles. The number of rotatable bonds is 7. The predicted octanol–water partition coefficient (Wildman–Crippen LogP) is 2.67. The van der Waals surface area contributed by atoms with Gasteiger partial charge >= 0.3 is 6.03 Å². The van der Waals surface area contributed by atoms with Gasteiger partial charge in [0.25, 0.3) is 0 Å². The molecule has 0 atom stereocenters. The fraction of sp³-hybridized carbons (Fsp3) is 0.667. The Morgan fingerprint density at radius 3 is 2.82 bits per heavy atom. The van der Waals surface area contributed by atoms with Crippen molar-refractivity contribution < 1.29 is 4.79 Å². The van der Waals surface area contributed by atoms with Gasteiger partial charge < -0.3 is 10.3 Å². The van der Waals surface area contributed by atoms with Crippen molar-refractivity contribution in [3.05, 3.63) is 12.0 Å². The zero-order valence-electron chi connectivity index (χ0n) is 10.7. The second kappa shape index (κ2) is 7.70. The molecule has 1 aromatic heterocycles. The minimum absolute atomic E-state index is 0.173. The second-order valence-corrected chi connectivity index (χ2v) is 4.04. The molecule has 5 nitrogen and oxygen atoms in total. The van der Waals surface area contributed by atoms with Gasteiger partial charge in [0, 0.05) is 13.0 Å². The van der Waals surface area contributed by atoms with Crippen LogP contribution in [-0.4, -0.2) is 22.5 Å². The highest BCUT2D eigenvalue weighted by molar-refractivity contribution is 5.88. The molecule has 0 saturated carbocycles. The molecule has 2 amide bonds. The Morgan fingerprint density at radius 2 is 2.18 bits per heavy atom. The number of aromatic amines is 1. The van der Waals surface area contributed by atoms with Crippen LogP contribution in [0.5, 0.6) is 0 Å². The van der Waals surface area contributed by atoms with Crippen molar-refractivity contribution in [2.24, 2.45) is 0 Å². The molecule has 0 aliphatic rings. The highest BCUT2D eigenvalue weighted by Crippen LogP contribution is 2.03. The second-order valence-electron chi connectivity index (χ2n) is 4.04. The fourth-order valence-corrected chi connectivity index (χ4v) is 1.53. The maximum Gasteiger partial charge on any atom is 0.320 e. The number of carbonyl (C=O) groups excluding carboxylic acids is 1. The van der Waals surface area contributed by atoms with Crippen LogP contribution < -0.4 is 10.6 Å². The molecule has 3 N–H and O–H groups in total. The van der Waals surface area contributed by atoms with Crippen LogP contribution in [0.2, 0.25) is 0 Å². The number of aromatic nitrogens is 2. The highest BCUT2D eigenvalue weighted by Gasteiger charge is 2.03. The van der Waals surface area contributed by atoms with Gasteiger partial charge in [0.05, 0.1) is 6.20 Å². The predicted molar refractivity (Wildman–Crippen MR) is 69.1 cm³/mol. The third kappa shape index (κ3) is 5.38.